The minimum Gasteiger partial charge on any atom is -0.288 e. The number of aromatic nitrogens is 1. The Labute approximate surface area is 123 Å². The van der Waals surface area contributed by atoms with Gasteiger partial charge in [-0.2, -0.15) is 0 Å². The van der Waals surface area contributed by atoms with E-state index in [0.717, 1.165) is 23.0 Å². The summed E-state index contributed by atoms with van der Waals surface area (Å²) in [5.41, 5.74) is 1.23. The van der Waals surface area contributed by atoms with Gasteiger partial charge in [-0.25, -0.2) is 0 Å². The van der Waals surface area contributed by atoms with Gasteiger partial charge in [0.1, 0.15) is 5.69 Å². The number of pyridine rings is 1. The Morgan fingerprint density at radius 1 is 1.19 bits per heavy atom. The van der Waals surface area contributed by atoms with E-state index in [9.17, 15) is 19.7 Å². The Kier molecular flexibility index (Phi) is 2.94. The number of carbonyl (C=O) groups is 2. The normalized spacial score (nSPS) is 13.3. The SMILES string of the molecule is CC(C)c1cnc2c(c1)C(=O)c1sc([N+](=O)[O-])cc1C2=O. The molecule has 0 bridgehead atoms. The number of hydrogen-bond acceptors (Lipinski definition) is 6. The van der Waals surface area contributed by atoms with Crippen LogP contribution in [0.4, 0.5) is 5.00 Å². The van der Waals surface area contributed by atoms with Crippen molar-refractivity contribution < 1.29 is 14.5 Å². The first-order valence-electron chi connectivity index (χ1n) is 6.27. The van der Waals surface area contributed by atoms with Gasteiger partial charge in [0.25, 0.3) is 0 Å². The molecule has 3 rings (SSSR count). The zero-order chi connectivity index (χ0) is 15.3. The molecule has 0 aliphatic heterocycles. The molecule has 21 heavy (non-hydrogen) atoms. The molecule has 7 heteroatoms. The van der Waals surface area contributed by atoms with Crippen LogP contribution < -0.4 is 0 Å². The van der Waals surface area contributed by atoms with Crippen molar-refractivity contribution >= 4 is 27.9 Å². The third-order valence-electron chi connectivity index (χ3n) is 3.39. The molecule has 0 N–H and O–H groups in total. The molecule has 0 radical (unpaired) electrons. The summed E-state index contributed by atoms with van der Waals surface area (Å²) in [5.74, 6) is -0.628. The number of rotatable bonds is 2. The minimum atomic E-state index is -0.596. The molecule has 0 saturated heterocycles. The topological polar surface area (TPSA) is 90.2 Å². The van der Waals surface area contributed by atoms with Crippen molar-refractivity contribution in [1.82, 2.24) is 4.98 Å². The van der Waals surface area contributed by atoms with Crippen molar-refractivity contribution in [2.75, 3.05) is 0 Å². The lowest BCUT2D eigenvalue weighted by atomic mass is 9.90. The lowest BCUT2D eigenvalue weighted by Crippen LogP contribution is -2.20. The van der Waals surface area contributed by atoms with Crippen LogP contribution in [-0.2, 0) is 0 Å². The molecule has 0 fully saturated rings. The number of thiophene rings is 1. The fraction of sp³-hybridized carbons (Fsp3) is 0.214. The molecule has 0 saturated carbocycles. The van der Waals surface area contributed by atoms with Gasteiger partial charge in [-0.3, -0.25) is 24.7 Å². The number of ketones is 2. The fourth-order valence-corrected chi connectivity index (χ4v) is 3.13. The minimum absolute atomic E-state index is 0.0737. The Balaban J connectivity index is 2.20. The summed E-state index contributed by atoms with van der Waals surface area (Å²) < 4.78 is 0. The molecule has 1 aliphatic rings. The van der Waals surface area contributed by atoms with Crippen molar-refractivity contribution in [3.63, 3.8) is 0 Å². The second-order valence-corrected chi connectivity index (χ2v) is 6.09. The molecule has 2 aromatic heterocycles. The Bertz CT molecular complexity index is 807. The maximum Gasteiger partial charge on any atom is 0.325 e. The molecule has 2 aromatic rings. The zero-order valence-corrected chi connectivity index (χ0v) is 12.1. The number of nitro groups is 1. The smallest absolute Gasteiger partial charge is 0.288 e. The summed E-state index contributed by atoms with van der Waals surface area (Å²) in [4.78, 5) is 39.2. The van der Waals surface area contributed by atoms with E-state index in [2.05, 4.69) is 4.98 Å². The van der Waals surface area contributed by atoms with Crippen LogP contribution in [0.2, 0.25) is 0 Å². The van der Waals surface area contributed by atoms with Crippen LogP contribution in [0.1, 0.15) is 56.6 Å². The van der Waals surface area contributed by atoms with Gasteiger partial charge >= 0.3 is 5.00 Å². The predicted molar refractivity (Wildman–Crippen MR) is 76.2 cm³/mol. The summed E-state index contributed by atoms with van der Waals surface area (Å²) in [5, 5.41) is 10.6. The quantitative estimate of drug-likeness (QED) is 0.536. The highest BCUT2D eigenvalue weighted by Crippen LogP contribution is 2.36. The van der Waals surface area contributed by atoms with Crippen molar-refractivity contribution in [2.45, 2.75) is 19.8 Å². The average molecular weight is 302 g/mol. The fourth-order valence-electron chi connectivity index (χ4n) is 2.21. The van der Waals surface area contributed by atoms with Crippen molar-refractivity contribution in [3.8, 4) is 0 Å². The Hall–Kier alpha value is -2.41. The molecule has 106 valence electrons. The largest absolute Gasteiger partial charge is 0.325 e. The van der Waals surface area contributed by atoms with Crippen LogP contribution >= 0.6 is 11.3 Å². The van der Waals surface area contributed by atoms with Crippen molar-refractivity contribution in [1.29, 1.82) is 0 Å². The van der Waals surface area contributed by atoms with E-state index >= 15 is 0 Å². The number of carbonyl (C=O) groups excluding carboxylic acids is 2. The molecular formula is C14H10N2O4S. The molecule has 0 atom stereocenters. The highest BCUT2D eigenvalue weighted by atomic mass is 32.1. The summed E-state index contributed by atoms with van der Waals surface area (Å²) in [7, 11) is 0. The van der Waals surface area contributed by atoms with Crippen LogP contribution in [0, 0.1) is 10.1 Å². The Morgan fingerprint density at radius 3 is 2.52 bits per heavy atom. The van der Waals surface area contributed by atoms with E-state index < -0.39 is 10.7 Å². The van der Waals surface area contributed by atoms with E-state index in [4.69, 9.17) is 0 Å². The second-order valence-electron chi connectivity index (χ2n) is 5.06. The van der Waals surface area contributed by atoms with Crippen LogP contribution in [0.15, 0.2) is 18.3 Å². The summed E-state index contributed by atoms with van der Waals surface area (Å²) in [6, 6.07) is 2.81. The highest BCUT2D eigenvalue weighted by Gasteiger charge is 2.35. The lowest BCUT2D eigenvalue weighted by molar-refractivity contribution is -0.380. The molecule has 0 amide bonds. The van der Waals surface area contributed by atoms with Gasteiger partial charge in [0, 0.05) is 12.3 Å². The number of nitrogens with zero attached hydrogens (tertiary/aromatic N) is 2. The van der Waals surface area contributed by atoms with Crippen LogP contribution in [0.25, 0.3) is 0 Å². The van der Waals surface area contributed by atoms with E-state index in [-0.39, 0.29) is 38.4 Å². The summed E-state index contributed by atoms with van der Waals surface area (Å²) >= 11 is 0.736. The van der Waals surface area contributed by atoms with Gasteiger partial charge in [0.15, 0.2) is 0 Å². The van der Waals surface area contributed by atoms with Gasteiger partial charge in [0.05, 0.1) is 20.9 Å². The molecular weight excluding hydrogens is 292 g/mol. The molecule has 1 aliphatic carbocycles. The Morgan fingerprint density at radius 2 is 1.90 bits per heavy atom. The molecule has 0 aromatic carbocycles. The van der Waals surface area contributed by atoms with E-state index in [1.807, 2.05) is 13.8 Å². The van der Waals surface area contributed by atoms with Gasteiger partial charge in [-0.05, 0) is 17.5 Å². The highest BCUT2D eigenvalue weighted by molar-refractivity contribution is 7.17. The third-order valence-corrected chi connectivity index (χ3v) is 4.47. The first-order chi connectivity index (χ1) is 9.90. The second kappa shape index (κ2) is 4.56. The van der Waals surface area contributed by atoms with E-state index in [1.165, 1.54) is 0 Å². The summed E-state index contributed by atoms with van der Waals surface area (Å²) in [6.07, 6.45) is 1.57. The standard InChI is InChI=1S/C14H10N2O4S/c1-6(2)7-3-8-11(15-5-7)12(17)9-4-10(16(19)20)21-14(9)13(8)18/h3-6H,1-2H3. The van der Waals surface area contributed by atoms with E-state index in [1.54, 1.807) is 12.3 Å². The van der Waals surface area contributed by atoms with Crippen LogP contribution in [0.3, 0.4) is 0 Å². The van der Waals surface area contributed by atoms with Crippen molar-refractivity contribution in [3.05, 3.63) is 55.7 Å². The average Bonchev–Trinajstić information content (AvgIpc) is 2.90. The zero-order valence-electron chi connectivity index (χ0n) is 11.2. The van der Waals surface area contributed by atoms with Crippen LogP contribution in [0.5, 0.6) is 0 Å². The number of fused-ring (bicyclic) bond motifs is 2. The third kappa shape index (κ3) is 1.97. The molecule has 6 nitrogen and oxygen atoms in total. The molecule has 0 spiro atoms. The first-order valence-corrected chi connectivity index (χ1v) is 7.09. The van der Waals surface area contributed by atoms with Crippen molar-refractivity contribution in [2.24, 2.45) is 0 Å². The summed E-state index contributed by atoms with van der Waals surface area (Å²) in [6.45, 7) is 3.92. The molecule has 2 heterocycles. The maximum absolute atomic E-state index is 12.5. The monoisotopic (exact) mass is 302 g/mol. The first kappa shape index (κ1) is 13.6. The van der Waals surface area contributed by atoms with Gasteiger partial charge in [-0.15, -0.1) is 0 Å². The number of hydrogen-bond donors (Lipinski definition) is 0. The van der Waals surface area contributed by atoms with Crippen LogP contribution in [-0.4, -0.2) is 21.5 Å². The maximum atomic E-state index is 12.5. The van der Waals surface area contributed by atoms with Gasteiger partial charge < -0.3 is 0 Å². The predicted octanol–water partition coefficient (Wildman–Crippen LogP) is 2.95. The van der Waals surface area contributed by atoms with Gasteiger partial charge in [-0.1, -0.05) is 25.2 Å². The van der Waals surface area contributed by atoms with E-state index in [0.29, 0.717) is 0 Å². The van der Waals surface area contributed by atoms with Gasteiger partial charge in [0.2, 0.25) is 11.6 Å². The molecule has 0 unspecified atom stereocenters. The lowest BCUT2D eigenvalue weighted by Gasteiger charge is -2.14.